The molecule has 5 rings (SSSR count). The van der Waals surface area contributed by atoms with Crippen molar-refractivity contribution in [1.29, 1.82) is 0 Å². The molecule has 4 aromatic rings. The van der Waals surface area contributed by atoms with Crippen LogP contribution in [0, 0.1) is 11.7 Å². The molecule has 1 aliphatic rings. The van der Waals surface area contributed by atoms with E-state index in [0.717, 1.165) is 16.5 Å². The van der Waals surface area contributed by atoms with Gasteiger partial charge in [-0.3, -0.25) is 14.2 Å². The molecule has 1 aliphatic heterocycles. The van der Waals surface area contributed by atoms with E-state index >= 15 is 0 Å². The second-order valence-corrected chi connectivity index (χ2v) is 10.1. The van der Waals surface area contributed by atoms with Gasteiger partial charge < -0.3 is 15.5 Å². The van der Waals surface area contributed by atoms with E-state index in [0.29, 0.717) is 35.2 Å². The zero-order chi connectivity index (χ0) is 25.2. The quantitative estimate of drug-likeness (QED) is 0.380. The smallest absolute Gasteiger partial charge is 0.321 e. The third-order valence-electron chi connectivity index (χ3n) is 6.13. The van der Waals surface area contributed by atoms with Crippen molar-refractivity contribution in [2.45, 2.75) is 6.42 Å². The molecule has 1 atom stereocenters. The third-order valence-corrected chi connectivity index (χ3v) is 7.46. The number of nitrogens with zero attached hydrogens (tertiary/aromatic N) is 2. The highest BCUT2D eigenvalue weighted by Gasteiger charge is 2.27. The first-order valence-electron chi connectivity index (χ1n) is 11.4. The van der Waals surface area contributed by atoms with Crippen LogP contribution in [-0.4, -0.2) is 41.0 Å². The first-order chi connectivity index (χ1) is 17.4. The number of thiophene rings is 1. The minimum absolute atomic E-state index is 0.0364. The molecule has 1 fully saturated rings. The second-order valence-electron chi connectivity index (χ2n) is 8.61. The van der Waals surface area contributed by atoms with E-state index in [2.05, 4.69) is 10.6 Å². The average Bonchev–Trinajstić information content (AvgIpc) is 3.51. The number of anilines is 1. The molecule has 36 heavy (non-hydrogen) atoms. The lowest BCUT2D eigenvalue weighted by Gasteiger charge is -2.18. The summed E-state index contributed by atoms with van der Waals surface area (Å²) >= 11 is 7.41. The molecule has 2 N–H and O–H groups in total. The topological polar surface area (TPSA) is 83.4 Å². The van der Waals surface area contributed by atoms with Gasteiger partial charge in [-0.1, -0.05) is 23.7 Å². The van der Waals surface area contributed by atoms with Crippen LogP contribution in [0.25, 0.3) is 15.8 Å². The number of hydrogen-bond donors (Lipinski definition) is 2. The van der Waals surface area contributed by atoms with Gasteiger partial charge in [-0.05, 0) is 54.1 Å². The van der Waals surface area contributed by atoms with Crippen molar-refractivity contribution in [3.05, 3.63) is 92.9 Å². The predicted octanol–water partition coefficient (Wildman–Crippen LogP) is 5.13. The van der Waals surface area contributed by atoms with Gasteiger partial charge in [0.15, 0.2) is 0 Å². The average molecular weight is 525 g/mol. The van der Waals surface area contributed by atoms with Crippen molar-refractivity contribution in [2.75, 3.05) is 25.0 Å². The van der Waals surface area contributed by atoms with Crippen LogP contribution in [0.3, 0.4) is 0 Å². The molecule has 0 saturated carbocycles. The fraction of sp³-hybridized carbons (Fsp3) is 0.192. The molecular formula is C26H22ClFN4O3S. The van der Waals surface area contributed by atoms with E-state index in [4.69, 9.17) is 11.6 Å². The molecule has 10 heteroatoms. The number of benzene rings is 2. The van der Waals surface area contributed by atoms with Crippen LogP contribution in [0.2, 0.25) is 5.02 Å². The van der Waals surface area contributed by atoms with Crippen molar-refractivity contribution in [3.63, 3.8) is 0 Å². The van der Waals surface area contributed by atoms with Crippen LogP contribution in [0.5, 0.6) is 0 Å². The fourth-order valence-corrected chi connectivity index (χ4v) is 5.47. The number of carbonyl (C=O) groups excluding carboxylic acids is 2. The Morgan fingerprint density at radius 3 is 2.78 bits per heavy atom. The summed E-state index contributed by atoms with van der Waals surface area (Å²) in [5.41, 5.74) is 0.129. The van der Waals surface area contributed by atoms with E-state index in [1.807, 2.05) is 18.2 Å². The molecule has 2 aromatic heterocycles. The number of halogens is 2. The van der Waals surface area contributed by atoms with Crippen LogP contribution < -0.4 is 16.2 Å². The summed E-state index contributed by atoms with van der Waals surface area (Å²) in [5.74, 6) is -0.695. The van der Waals surface area contributed by atoms with Gasteiger partial charge in [0.05, 0.1) is 16.3 Å². The minimum Gasteiger partial charge on any atom is -0.351 e. The van der Waals surface area contributed by atoms with Crippen LogP contribution in [-0.2, 0) is 0 Å². The highest BCUT2D eigenvalue weighted by Crippen LogP contribution is 2.28. The molecule has 1 saturated heterocycles. The highest BCUT2D eigenvalue weighted by molar-refractivity contribution is 7.20. The lowest BCUT2D eigenvalue weighted by atomic mass is 10.1. The number of hydrogen-bond acceptors (Lipinski definition) is 4. The van der Waals surface area contributed by atoms with Gasteiger partial charge in [0, 0.05) is 47.7 Å². The van der Waals surface area contributed by atoms with E-state index in [-0.39, 0.29) is 23.1 Å². The van der Waals surface area contributed by atoms with Crippen LogP contribution >= 0.6 is 22.9 Å². The van der Waals surface area contributed by atoms with E-state index in [9.17, 15) is 18.8 Å². The van der Waals surface area contributed by atoms with Crippen molar-refractivity contribution in [3.8, 4) is 5.69 Å². The number of urea groups is 1. The zero-order valence-corrected chi connectivity index (χ0v) is 20.6. The molecule has 0 unspecified atom stereocenters. The lowest BCUT2D eigenvalue weighted by molar-refractivity contribution is 0.0952. The van der Waals surface area contributed by atoms with Gasteiger partial charge in [-0.25, -0.2) is 9.18 Å². The Balaban J connectivity index is 1.15. The third kappa shape index (κ3) is 5.12. The second kappa shape index (κ2) is 10.1. The molecule has 0 spiro atoms. The van der Waals surface area contributed by atoms with E-state index < -0.39 is 11.8 Å². The standard InChI is InChI=1S/C26H22ClFN4O3S/c27-18-5-4-17-11-23(36-22(17)12-18)25(34)29-14-16-8-10-31(15-16)26(35)30-21-7-6-19(13-20(21)28)32-9-2-1-3-24(32)33/h1-7,9,11-13,16H,8,10,14-15H2,(H,29,34)(H,30,35)/t16-/m1/s1. The molecule has 3 heterocycles. The first kappa shape index (κ1) is 24.0. The van der Waals surface area contributed by atoms with Crippen LogP contribution in [0.1, 0.15) is 16.1 Å². The predicted molar refractivity (Wildman–Crippen MR) is 140 cm³/mol. The monoisotopic (exact) mass is 524 g/mol. The van der Waals surface area contributed by atoms with Crippen LogP contribution in [0.4, 0.5) is 14.9 Å². The molecule has 0 aliphatic carbocycles. The van der Waals surface area contributed by atoms with Crippen molar-refractivity contribution >= 4 is 50.6 Å². The Kier molecular flexibility index (Phi) is 6.75. The van der Waals surface area contributed by atoms with Gasteiger partial charge >= 0.3 is 6.03 Å². The van der Waals surface area contributed by atoms with Gasteiger partial charge in [-0.15, -0.1) is 11.3 Å². The molecular weight excluding hydrogens is 503 g/mol. The van der Waals surface area contributed by atoms with E-state index in [1.54, 1.807) is 35.4 Å². The summed E-state index contributed by atoms with van der Waals surface area (Å²) < 4.78 is 16.9. The molecule has 2 aromatic carbocycles. The number of fused-ring (bicyclic) bond motifs is 1. The van der Waals surface area contributed by atoms with Gasteiger partial charge in [-0.2, -0.15) is 0 Å². The Morgan fingerprint density at radius 1 is 1.11 bits per heavy atom. The first-order valence-corrected chi connectivity index (χ1v) is 12.6. The maximum absolute atomic E-state index is 14.7. The largest absolute Gasteiger partial charge is 0.351 e. The highest BCUT2D eigenvalue weighted by atomic mass is 35.5. The summed E-state index contributed by atoms with van der Waals surface area (Å²) in [6.07, 6.45) is 2.28. The molecule has 184 valence electrons. The van der Waals surface area contributed by atoms with Crippen molar-refractivity contribution in [2.24, 2.45) is 5.92 Å². The summed E-state index contributed by atoms with van der Waals surface area (Å²) in [6, 6.07) is 15.8. The zero-order valence-electron chi connectivity index (χ0n) is 19.0. The number of pyridine rings is 1. The number of rotatable bonds is 5. The van der Waals surface area contributed by atoms with Crippen molar-refractivity contribution in [1.82, 2.24) is 14.8 Å². The number of aromatic nitrogens is 1. The fourth-order valence-electron chi connectivity index (χ4n) is 4.21. The summed E-state index contributed by atoms with van der Waals surface area (Å²) in [5, 5.41) is 7.15. The maximum Gasteiger partial charge on any atom is 0.321 e. The number of amides is 3. The molecule has 3 amide bonds. The Morgan fingerprint density at radius 2 is 1.97 bits per heavy atom. The summed E-state index contributed by atoms with van der Waals surface area (Å²) in [4.78, 5) is 39.5. The molecule has 0 radical (unpaired) electrons. The van der Waals surface area contributed by atoms with Crippen LogP contribution in [0.15, 0.2) is 71.7 Å². The van der Waals surface area contributed by atoms with E-state index in [1.165, 1.54) is 34.1 Å². The van der Waals surface area contributed by atoms with Crippen molar-refractivity contribution < 1.29 is 14.0 Å². The van der Waals surface area contributed by atoms with Gasteiger partial charge in [0.25, 0.3) is 11.5 Å². The number of likely N-dealkylation sites (tertiary alicyclic amines) is 1. The lowest BCUT2D eigenvalue weighted by Crippen LogP contribution is -2.35. The summed E-state index contributed by atoms with van der Waals surface area (Å²) in [7, 11) is 0. The van der Waals surface area contributed by atoms with Gasteiger partial charge in [0.1, 0.15) is 5.82 Å². The Hall–Kier alpha value is -3.69. The summed E-state index contributed by atoms with van der Waals surface area (Å²) in [6.45, 7) is 1.40. The maximum atomic E-state index is 14.7. The number of nitrogens with one attached hydrogen (secondary N) is 2. The Bertz CT molecular complexity index is 1520. The Labute approximate surface area is 215 Å². The minimum atomic E-state index is -0.635. The molecule has 0 bridgehead atoms. The number of carbonyl (C=O) groups is 2. The van der Waals surface area contributed by atoms with Gasteiger partial charge in [0.2, 0.25) is 0 Å². The normalized spacial score (nSPS) is 15.3. The molecule has 7 nitrogen and oxygen atoms in total. The SMILES string of the molecule is O=C(NC[C@H]1CCN(C(=O)Nc2ccc(-n3ccccc3=O)cc2F)C1)c1cc2ccc(Cl)cc2s1.